The van der Waals surface area contributed by atoms with Gasteiger partial charge in [0.05, 0.1) is 0 Å². The molecule has 0 bridgehead atoms. The van der Waals surface area contributed by atoms with Crippen molar-refractivity contribution < 1.29 is 0 Å². The Hall–Kier alpha value is -0.890. The first-order valence-corrected chi connectivity index (χ1v) is 6.33. The maximum Gasteiger partial charge on any atom is 0.0455 e. The molecule has 0 saturated carbocycles. The predicted octanol–water partition coefficient (Wildman–Crippen LogP) is 3.78. The average molecular weight is 219 g/mol. The summed E-state index contributed by atoms with van der Waals surface area (Å²) in [4.78, 5) is 1.22. The lowest BCUT2D eigenvalue weighted by Gasteiger charge is -2.16. The van der Waals surface area contributed by atoms with Gasteiger partial charge < -0.3 is 5.73 Å². The highest BCUT2D eigenvalue weighted by Gasteiger charge is 2.11. The van der Waals surface area contributed by atoms with E-state index in [4.69, 9.17) is 5.73 Å². The second-order valence-corrected chi connectivity index (χ2v) is 5.34. The van der Waals surface area contributed by atoms with Crippen LogP contribution in [0.15, 0.2) is 35.2 Å². The summed E-state index contributed by atoms with van der Waals surface area (Å²) in [5.74, 6) is 0. The average Bonchev–Trinajstić information content (AvgIpc) is 2.24. The van der Waals surface area contributed by atoms with Crippen molar-refractivity contribution in [1.29, 1.82) is 0 Å². The van der Waals surface area contributed by atoms with E-state index in [1.807, 2.05) is 11.8 Å². The van der Waals surface area contributed by atoms with Crippen molar-refractivity contribution in [2.24, 2.45) is 0 Å². The zero-order valence-corrected chi connectivity index (χ0v) is 9.89. The lowest BCUT2D eigenvalue weighted by Crippen LogP contribution is -2.03. The number of rotatable bonds is 2. The van der Waals surface area contributed by atoms with Crippen LogP contribution in [0.25, 0.3) is 0 Å². The number of nitrogen functional groups attached to an aromatic ring is 1. The van der Waals surface area contributed by atoms with Crippen LogP contribution in [0, 0.1) is 6.92 Å². The topological polar surface area (TPSA) is 26.0 Å². The third-order valence-electron chi connectivity index (χ3n) is 2.65. The summed E-state index contributed by atoms with van der Waals surface area (Å²) in [6.45, 7) is 2.07. The van der Waals surface area contributed by atoms with Gasteiger partial charge in [-0.05, 0) is 43.9 Å². The molecule has 0 spiro atoms. The minimum absolute atomic E-state index is 0.615. The van der Waals surface area contributed by atoms with E-state index in [9.17, 15) is 0 Å². The molecule has 2 N–H and O–H groups in total. The summed E-state index contributed by atoms with van der Waals surface area (Å²) < 4.78 is 0. The molecular weight excluding hydrogens is 202 g/mol. The van der Waals surface area contributed by atoms with Crippen LogP contribution in [0.3, 0.4) is 0 Å². The number of hydrogen-bond acceptors (Lipinski definition) is 2. The van der Waals surface area contributed by atoms with Crippen molar-refractivity contribution in [3.63, 3.8) is 0 Å². The first-order chi connectivity index (χ1) is 7.25. The number of thioether (sulfide) groups is 1. The summed E-state index contributed by atoms with van der Waals surface area (Å²) in [6, 6.07) is 6.32. The molecule has 1 aromatic rings. The molecule has 1 aromatic carbocycles. The van der Waals surface area contributed by atoms with Crippen molar-refractivity contribution in [3.8, 4) is 0 Å². The monoisotopic (exact) mass is 219 g/mol. The number of aryl methyl sites for hydroxylation is 1. The Bertz CT molecular complexity index is 371. The molecule has 1 unspecified atom stereocenters. The molecule has 0 radical (unpaired) electrons. The molecule has 15 heavy (non-hydrogen) atoms. The van der Waals surface area contributed by atoms with Gasteiger partial charge in [0, 0.05) is 15.8 Å². The van der Waals surface area contributed by atoms with Gasteiger partial charge in [-0.15, -0.1) is 11.8 Å². The zero-order chi connectivity index (χ0) is 10.7. The molecule has 0 aliphatic heterocycles. The third kappa shape index (κ3) is 2.78. The molecule has 2 heteroatoms. The van der Waals surface area contributed by atoms with Crippen molar-refractivity contribution in [2.45, 2.75) is 36.3 Å². The van der Waals surface area contributed by atoms with Crippen molar-refractivity contribution in [2.75, 3.05) is 5.73 Å². The molecule has 0 amide bonds. The second kappa shape index (κ2) is 4.75. The van der Waals surface area contributed by atoms with Gasteiger partial charge in [0.2, 0.25) is 0 Å². The van der Waals surface area contributed by atoms with E-state index in [0.717, 1.165) is 5.69 Å². The SMILES string of the molecule is Cc1ccc(SC2C=CCCC2)c(N)c1. The summed E-state index contributed by atoms with van der Waals surface area (Å²) in [5, 5.41) is 0.615. The van der Waals surface area contributed by atoms with Crippen molar-refractivity contribution in [3.05, 3.63) is 35.9 Å². The van der Waals surface area contributed by atoms with Crippen LogP contribution in [0.1, 0.15) is 24.8 Å². The van der Waals surface area contributed by atoms with Gasteiger partial charge in [-0.1, -0.05) is 18.2 Å². The maximum atomic E-state index is 5.99. The number of nitrogens with two attached hydrogens (primary N) is 1. The molecule has 1 aliphatic rings. The fourth-order valence-corrected chi connectivity index (χ4v) is 2.96. The smallest absolute Gasteiger partial charge is 0.0455 e. The van der Waals surface area contributed by atoms with Crippen molar-refractivity contribution >= 4 is 17.4 Å². The van der Waals surface area contributed by atoms with Crippen LogP contribution in [0.4, 0.5) is 5.69 Å². The molecule has 2 rings (SSSR count). The van der Waals surface area contributed by atoms with E-state index in [1.54, 1.807) is 0 Å². The van der Waals surface area contributed by atoms with Crippen LogP contribution in [0.2, 0.25) is 0 Å². The van der Waals surface area contributed by atoms with Crippen molar-refractivity contribution in [1.82, 2.24) is 0 Å². The fourth-order valence-electron chi connectivity index (χ4n) is 1.82. The number of hydrogen-bond donors (Lipinski definition) is 1. The Morgan fingerprint density at radius 2 is 2.27 bits per heavy atom. The van der Waals surface area contributed by atoms with Crippen LogP contribution in [-0.4, -0.2) is 5.25 Å². The van der Waals surface area contributed by atoms with Gasteiger partial charge in [-0.3, -0.25) is 0 Å². The minimum Gasteiger partial charge on any atom is -0.398 e. The van der Waals surface area contributed by atoms with E-state index < -0.39 is 0 Å². The summed E-state index contributed by atoms with van der Waals surface area (Å²) >= 11 is 1.89. The van der Waals surface area contributed by atoms with E-state index in [0.29, 0.717) is 5.25 Å². The highest BCUT2D eigenvalue weighted by atomic mass is 32.2. The van der Waals surface area contributed by atoms with Gasteiger partial charge in [0.15, 0.2) is 0 Å². The molecule has 80 valence electrons. The zero-order valence-electron chi connectivity index (χ0n) is 9.07. The Balaban J connectivity index is 2.09. The lowest BCUT2D eigenvalue weighted by atomic mass is 10.1. The molecule has 1 aliphatic carbocycles. The lowest BCUT2D eigenvalue weighted by molar-refractivity contribution is 0.741. The molecule has 1 nitrogen and oxygen atoms in total. The van der Waals surface area contributed by atoms with Gasteiger partial charge in [-0.25, -0.2) is 0 Å². The largest absolute Gasteiger partial charge is 0.398 e. The molecule has 0 heterocycles. The Morgan fingerprint density at radius 1 is 1.40 bits per heavy atom. The Kier molecular flexibility index (Phi) is 3.37. The number of allylic oxidation sites excluding steroid dienone is 1. The highest BCUT2D eigenvalue weighted by molar-refractivity contribution is 8.00. The summed E-state index contributed by atoms with van der Waals surface area (Å²) in [5.41, 5.74) is 8.14. The number of anilines is 1. The molecule has 0 aromatic heterocycles. The molecule has 0 fully saturated rings. The van der Waals surface area contributed by atoms with Gasteiger partial charge in [0.25, 0.3) is 0 Å². The predicted molar refractivity (Wildman–Crippen MR) is 68.2 cm³/mol. The second-order valence-electron chi connectivity index (χ2n) is 4.06. The third-order valence-corrected chi connectivity index (χ3v) is 3.98. The molecule has 1 atom stereocenters. The standard InChI is InChI=1S/C13H17NS/c1-10-7-8-13(12(14)9-10)15-11-5-3-2-4-6-11/h3,5,7-9,11H,2,4,6,14H2,1H3. The highest BCUT2D eigenvalue weighted by Crippen LogP contribution is 2.33. The number of benzene rings is 1. The molecule has 0 saturated heterocycles. The van der Waals surface area contributed by atoms with E-state index in [1.165, 1.54) is 29.7 Å². The van der Waals surface area contributed by atoms with E-state index in [-0.39, 0.29) is 0 Å². The normalized spacial score (nSPS) is 20.5. The van der Waals surface area contributed by atoms with Crippen LogP contribution >= 0.6 is 11.8 Å². The van der Waals surface area contributed by atoms with E-state index in [2.05, 4.69) is 37.3 Å². The Labute approximate surface area is 95.8 Å². The minimum atomic E-state index is 0.615. The van der Waals surface area contributed by atoms with Gasteiger partial charge in [-0.2, -0.15) is 0 Å². The molecular formula is C13H17NS. The quantitative estimate of drug-likeness (QED) is 0.605. The first kappa shape index (κ1) is 10.6. The van der Waals surface area contributed by atoms with E-state index >= 15 is 0 Å². The van der Waals surface area contributed by atoms with Crippen LogP contribution in [-0.2, 0) is 0 Å². The Morgan fingerprint density at radius 3 is 2.93 bits per heavy atom. The first-order valence-electron chi connectivity index (χ1n) is 5.45. The summed E-state index contributed by atoms with van der Waals surface area (Å²) in [6.07, 6.45) is 8.41. The van der Waals surface area contributed by atoms with Gasteiger partial charge >= 0.3 is 0 Å². The van der Waals surface area contributed by atoms with Gasteiger partial charge in [0.1, 0.15) is 0 Å². The van der Waals surface area contributed by atoms with Crippen LogP contribution in [0.5, 0.6) is 0 Å². The summed E-state index contributed by atoms with van der Waals surface area (Å²) in [7, 11) is 0. The fraction of sp³-hybridized carbons (Fsp3) is 0.385. The van der Waals surface area contributed by atoms with Crippen LogP contribution < -0.4 is 5.73 Å². The maximum absolute atomic E-state index is 5.99.